The predicted octanol–water partition coefficient (Wildman–Crippen LogP) is 5.31. The SMILES string of the molecule is COC(=O)c1c(NC(=O)c2ccccc2C)sc(C(=O)Nc2ccc(Cl)cc2)c1C. The van der Waals surface area contributed by atoms with Crippen molar-refractivity contribution in [3.05, 3.63) is 80.7 Å². The Morgan fingerprint density at radius 1 is 0.933 bits per heavy atom. The monoisotopic (exact) mass is 442 g/mol. The van der Waals surface area contributed by atoms with Crippen LogP contribution in [0.1, 0.15) is 41.5 Å². The Kier molecular flexibility index (Phi) is 6.54. The van der Waals surface area contributed by atoms with Crippen LogP contribution in [0.3, 0.4) is 0 Å². The molecule has 0 aliphatic rings. The van der Waals surface area contributed by atoms with E-state index in [1.165, 1.54) is 7.11 Å². The van der Waals surface area contributed by atoms with Gasteiger partial charge in [0.2, 0.25) is 0 Å². The average Bonchev–Trinajstić information content (AvgIpc) is 3.05. The molecule has 0 saturated carbocycles. The summed E-state index contributed by atoms with van der Waals surface area (Å²) in [6, 6.07) is 13.8. The molecular formula is C22H19ClN2O4S. The normalized spacial score (nSPS) is 10.4. The van der Waals surface area contributed by atoms with Gasteiger partial charge in [0.05, 0.1) is 17.6 Å². The molecule has 30 heavy (non-hydrogen) atoms. The number of hydrogen-bond donors (Lipinski definition) is 2. The molecule has 0 saturated heterocycles. The van der Waals surface area contributed by atoms with Crippen LogP contribution in [0, 0.1) is 13.8 Å². The number of amides is 2. The van der Waals surface area contributed by atoms with Gasteiger partial charge in [-0.3, -0.25) is 9.59 Å². The van der Waals surface area contributed by atoms with Crippen molar-refractivity contribution >= 4 is 51.4 Å². The lowest BCUT2D eigenvalue weighted by molar-refractivity contribution is 0.0601. The van der Waals surface area contributed by atoms with E-state index in [1.54, 1.807) is 43.3 Å². The molecule has 2 N–H and O–H groups in total. The molecule has 154 valence electrons. The Labute approximate surface area is 182 Å². The fraction of sp³-hybridized carbons (Fsp3) is 0.136. The number of thiophene rings is 1. The molecule has 0 spiro atoms. The maximum absolute atomic E-state index is 12.8. The lowest BCUT2D eigenvalue weighted by Crippen LogP contribution is -2.15. The van der Waals surface area contributed by atoms with Gasteiger partial charge in [0, 0.05) is 16.3 Å². The number of carbonyl (C=O) groups is 3. The van der Waals surface area contributed by atoms with Gasteiger partial charge in [-0.1, -0.05) is 29.8 Å². The van der Waals surface area contributed by atoms with E-state index in [2.05, 4.69) is 10.6 Å². The third kappa shape index (κ3) is 4.53. The lowest BCUT2D eigenvalue weighted by Gasteiger charge is -2.08. The second kappa shape index (κ2) is 9.11. The number of methoxy groups -OCH3 is 1. The highest BCUT2D eigenvalue weighted by Gasteiger charge is 2.27. The zero-order chi connectivity index (χ0) is 21.8. The highest BCUT2D eigenvalue weighted by atomic mass is 35.5. The zero-order valence-corrected chi connectivity index (χ0v) is 18.1. The molecule has 3 rings (SSSR count). The number of nitrogens with one attached hydrogen (secondary N) is 2. The fourth-order valence-electron chi connectivity index (χ4n) is 2.89. The van der Waals surface area contributed by atoms with Crippen molar-refractivity contribution in [3.8, 4) is 0 Å². The van der Waals surface area contributed by atoms with Crippen molar-refractivity contribution in [1.82, 2.24) is 0 Å². The van der Waals surface area contributed by atoms with Crippen LogP contribution in [0.5, 0.6) is 0 Å². The standard InChI is InChI=1S/C22H19ClN2O4S/c1-12-6-4-5-7-16(12)19(26)25-21-17(22(28)29-3)13(2)18(30-21)20(27)24-15-10-8-14(23)9-11-15/h4-11H,1-3H3,(H,24,27)(H,25,26). The van der Waals surface area contributed by atoms with E-state index in [0.29, 0.717) is 26.7 Å². The number of hydrogen-bond acceptors (Lipinski definition) is 5. The van der Waals surface area contributed by atoms with Gasteiger partial charge in [0.15, 0.2) is 0 Å². The van der Waals surface area contributed by atoms with Gasteiger partial charge < -0.3 is 15.4 Å². The molecular weight excluding hydrogens is 424 g/mol. The zero-order valence-electron chi connectivity index (χ0n) is 16.5. The van der Waals surface area contributed by atoms with Gasteiger partial charge in [-0.05, 0) is 55.3 Å². The summed E-state index contributed by atoms with van der Waals surface area (Å²) in [6.07, 6.45) is 0. The third-order valence-corrected chi connectivity index (χ3v) is 5.92. The number of rotatable bonds is 5. The van der Waals surface area contributed by atoms with E-state index < -0.39 is 11.9 Å². The summed E-state index contributed by atoms with van der Waals surface area (Å²) in [4.78, 5) is 38.2. The lowest BCUT2D eigenvalue weighted by atomic mass is 10.1. The van der Waals surface area contributed by atoms with Crippen LogP contribution < -0.4 is 10.6 Å². The summed E-state index contributed by atoms with van der Waals surface area (Å²) in [6.45, 7) is 3.46. The van der Waals surface area contributed by atoms with Gasteiger partial charge in [-0.15, -0.1) is 11.3 Å². The van der Waals surface area contributed by atoms with Crippen LogP contribution in [0.25, 0.3) is 0 Å². The minimum Gasteiger partial charge on any atom is -0.465 e. The number of esters is 1. The smallest absolute Gasteiger partial charge is 0.341 e. The topological polar surface area (TPSA) is 84.5 Å². The van der Waals surface area contributed by atoms with E-state index in [-0.39, 0.29) is 16.5 Å². The van der Waals surface area contributed by atoms with E-state index in [1.807, 2.05) is 19.1 Å². The molecule has 2 aromatic carbocycles. The molecule has 1 aromatic heterocycles. The van der Waals surface area contributed by atoms with Crippen LogP contribution in [-0.2, 0) is 4.74 Å². The average molecular weight is 443 g/mol. The summed E-state index contributed by atoms with van der Waals surface area (Å²) >= 11 is 6.89. The van der Waals surface area contributed by atoms with Crippen LogP contribution in [0.4, 0.5) is 10.7 Å². The summed E-state index contributed by atoms with van der Waals surface area (Å²) in [5.74, 6) is -1.40. The molecule has 0 atom stereocenters. The molecule has 0 unspecified atom stereocenters. The van der Waals surface area contributed by atoms with Gasteiger partial charge in [0.1, 0.15) is 5.00 Å². The third-order valence-electron chi connectivity index (χ3n) is 4.46. The van der Waals surface area contributed by atoms with Crippen molar-refractivity contribution in [1.29, 1.82) is 0 Å². The molecule has 0 aliphatic heterocycles. The van der Waals surface area contributed by atoms with Crippen LogP contribution in [0.15, 0.2) is 48.5 Å². The minimum atomic E-state index is -0.630. The first-order valence-electron chi connectivity index (χ1n) is 8.97. The number of anilines is 2. The molecule has 0 bridgehead atoms. The molecule has 8 heteroatoms. The summed E-state index contributed by atoms with van der Waals surface area (Å²) in [7, 11) is 1.25. The maximum atomic E-state index is 12.8. The van der Waals surface area contributed by atoms with Gasteiger partial charge >= 0.3 is 5.97 Å². The van der Waals surface area contributed by atoms with Crippen molar-refractivity contribution < 1.29 is 19.1 Å². The molecule has 1 heterocycles. The van der Waals surface area contributed by atoms with E-state index in [0.717, 1.165) is 16.9 Å². The maximum Gasteiger partial charge on any atom is 0.341 e. The van der Waals surface area contributed by atoms with Crippen LogP contribution in [-0.4, -0.2) is 24.9 Å². The first kappa shape index (κ1) is 21.5. The number of halogens is 1. The second-order valence-corrected chi connectivity index (χ2v) is 7.94. The predicted molar refractivity (Wildman–Crippen MR) is 119 cm³/mol. The first-order chi connectivity index (χ1) is 14.3. The molecule has 0 aliphatic carbocycles. The van der Waals surface area contributed by atoms with Crippen molar-refractivity contribution in [2.45, 2.75) is 13.8 Å². The first-order valence-corrected chi connectivity index (χ1v) is 10.2. The summed E-state index contributed by atoms with van der Waals surface area (Å²) in [5.41, 5.74) is 2.42. The number of aryl methyl sites for hydroxylation is 1. The minimum absolute atomic E-state index is 0.158. The Hall–Kier alpha value is -3.16. The van der Waals surface area contributed by atoms with Crippen molar-refractivity contribution in [2.24, 2.45) is 0 Å². The Morgan fingerprint density at radius 2 is 1.60 bits per heavy atom. The summed E-state index contributed by atoms with van der Waals surface area (Å²) in [5, 5.41) is 6.33. The molecule has 2 amide bonds. The van der Waals surface area contributed by atoms with Crippen LogP contribution >= 0.6 is 22.9 Å². The van der Waals surface area contributed by atoms with Crippen molar-refractivity contribution in [3.63, 3.8) is 0 Å². The number of benzene rings is 2. The van der Waals surface area contributed by atoms with E-state index in [4.69, 9.17) is 16.3 Å². The van der Waals surface area contributed by atoms with Gasteiger partial charge in [-0.2, -0.15) is 0 Å². The Morgan fingerprint density at radius 3 is 2.23 bits per heavy atom. The summed E-state index contributed by atoms with van der Waals surface area (Å²) < 4.78 is 4.86. The highest BCUT2D eigenvalue weighted by molar-refractivity contribution is 7.19. The molecule has 3 aromatic rings. The number of ether oxygens (including phenoxy) is 1. The molecule has 0 radical (unpaired) electrons. The molecule has 6 nitrogen and oxygen atoms in total. The van der Waals surface area contributed by atoms with E-state index >= 15 is 0 Å². The van der Waals surface area contributed by atoms with Crippen molar-refractivity contribution in [2.75, 3.05) is 17.7 Å². The number of carbonyl (C=O) groups excluding carboxylic acids is 3. The second-order valence-electron chi connectivity index (χ2n) is 6.48. The quantitative estimate of drug-likeness (QED) is 0.524. The van der Waals surface area contributed by atoms with Crippen LogP contribution in [0.2, 0.25) is 5.02 Å². The van der Waals surface area contributed by atoms with E-state index in [9.17, 15) is 14.4 Å². The van der Waals surface area contributed by atoms with Gasteiger partial charge in [0.25, 0.3) is 11.8 Å². The largest absolute Gasteiger partial charge is 0.465 e. The fourth-order valence-corrected chi connectivity index (χ4v) is 4.10. The Balaban J connectivity index is 1.94. The highest BCUT2D eigenvalue weighted by Crippen LogP contribution is 2.34. The molecule has 0 fully saturated rings. The Bertz CT molecular complexity index is 1120. The van der Waals surface area contributed by atoms with Gasteiger partial charge in [-0.25, -0.2) is 4.79 Å².